The first-order valence-electron chi connectivity index (χ1n) is 14.1. The lowest BCUT2D eigenvalue weighted by Crippen LogP contribution is -2.44. The van der Waals surface area contributed by atoms with Gasteiger partial charge in [0.15, 0.2) is 5.82 Å². The predicted octanol–water partition coefficient (Wildman–Crippen LogP) is 4.12. The minimum atomic E-state index is -4.64. The van der Waals surface area contributed by atoms with E-state index >= 15 is 0 Å². The summed E-state index contributed by atoms with van der Waals surface area (Å²) in [6, 6.07) is 12.9. The maximum absolute atomic E-state index is 14.1. The highest BCUT2D eigenvalue weighted by molar-refractivity contribution is 7.86. The van der Waals surface area contributed by atoms with E-state index in [1.165, 1.54) is 42.7 Å². The SMILES string of the molecule is CCCCCC[C@H](C(=O)N1C[C@@H](Oc2ccccc2)C[C@H]1C(=O)OC)n1cnc(NC(=O)c2ccccc2S(=O)(=O)O)c1. The molecule has 12 nitrogen and oxygen atoms in total. The molecule has 1 aliphatic heterocycles. The minimum absolute atomic E-state index is 0.0812. The zero-order chi connectivity index (χ0) is 31.0. The Labute approximate surface area is 250 Å². The van der Waals surface area contributed by atoms with Crippen molar-refractivity contribution < 1.29 is 36.8 Å². The molecular weight excluding hydrogens is 576 g/mol. The molecule has 0 bridgehead atoms. The Morgan fingerprint density at radius 2 is 1.79 bits per heavy atom. The van der Waals surface area contributed by atoms with Gasteiger partial charge in [-0.3, -0.25) is 14.1 Å². The standard InChI is InChI=1S/C30H36N4O8S/c1-3-4-5-9-15-24(29(36)34-18-22(17-25(34)30(37)41-2)42-21-12-7-6-8-13-21)33-19-27(31-20-33)32-28(35)23-14-10-11-16-26(23)43(38,39)40/h6-8,10-14,16,19-20,22,24-25H,3-5,9,15,17-18H2,1-2H3,(H,32,35)(H,38,39,40)/t22-,24+,25-/m0/s1. The number of hydrogen-bond acceptors (Lipinski definition) is 8. The largest absolute Gasteiger partial charge is 0.488 e. The van der Waals surface area contributed by atoms with Gasteiger partial charge in [-0.1, -0.05) is 62.9 Å². The second-order valence-corrected chi connectivity index (χ2v) is 11.7. The second kappa shape index (κ2) is 14.3. The van der Waals surface area contributed by atoms with E-state index in [4.69, 9.17) is 9.47 Å². The van der Waals surface area contributed by atoms with E-state index in [1.54, 1.807) is 4.57 Å². The van der Waals surface area contributed by atoms with Crippen molar-refractivity contribution in [2.24, 2.45) is 0 Å². The normalized spacial score (nSPS) is 17.3. The van der Waals surface area contributed by atoms with Gasteiger partial charge in [-0.05, 0) is 30.7 Å². The molecule has 230 valence electrons. The number of nitrogens with one attached hydrogen (secondary N) is 1. The molecule has 1 aliphatic rings. The fraction of sp³-hybridized carbons (Fsp3) is 0.400. The van der Waals surface area contributed by atoms with Crippen molar-refractivity contribution in [3.8, 4) is 5.75 Å². The number of rotatable bonds is 13. The van der Waals surface area contributed by atoms with Crippen molar-refractivity contribution in [3.63, 3.8) is 0 Å². The summed E-state index contributed by atoms with van der Waals surface area (Å²) < 4.78 is 45.7. The lowest BCUT2D eigenvalue weighted by molar-refractivity contribution is -0.152. The fourth-order valence-corrected chi connectivity index (χ4v) is 5.86. The van der Waals surface area contributed by atoms with Gasteiger partial charge in [0, 0.05) is 12.6 Å². The highest BCUT2D eigenvalue weighted by Crippen LogP contribution is 2.29. The fourth-order valence-electron chi connectivity index (χ4n) is 5.17. The van der Waals surface area contributed by atoms with Crippen LogP contribution in [0.25, 0.3) is 0 Å². The number of carbonyl (C=O) groups is 3. The summed E-state index contributed by atoms with van der Waals surface area (Å²) in [7, 11) is -3.36. The molecule has 2 amide bonds. The average Bonchev–Trinajstić information content (AvgIpc) is 3.64. The quantitative estimate of drug-likeness (QED) is 0.165. The molecular formula is C30H36N4O8S. The molecule has 0 aliphatic carbocycles. The van der Waals surface area contributed by atoms with Crippen LogP contribution in [0.15, 0.2) is 72.0 Å². The monoisotopic (exact) mass is 612 g/mol. The van der Waals surface area contributed by atoms with Gasteiger partial charge in [0.05, 0.1) is 25.5 Å². The molecule has 4 rings (SSSR count). The van der Waals surface area contributed by atoms with Gasteiger partial charge in [-0.2, -0.15) is 8.42 Å². The van der Waals surface area contributed by atoms with E-state index in [0.717, 1.165) is 31.7 Å². The first kappa shape index (κ1) is 31.7. The number of benzene rings is 2. The van der Waals surface area contributed by atoms with Crippen LogP contribution in [0.3, 0.4) is 0 Å². The number of esters is 1. The van der Waals surface area contributed by atoms with Crippen molar-refractivity contribution in [2.75, 3.05) is 19.0 Å². The van der Waals surface area contributed by atoms with Crippen molar-refractivity contribution in [2.45, 2.75) is 68.5 Å². The number of ether oxygens (including phenoxy) is 2. The smallest absolute Gasteiger partial charge is 0.328 e. The molecule has 2 aromatic carbocycles. The highest BCUT2D eigenvalue weighted by Gasteiger charge is 2.43. The average molecular weight is 613 g/mol. The van der Waals surface area contributed by atoms with Crippen LogP contribution in [0.1, 0.15) is 61.8 Å². The Hall–Kier alpha value is -4.23. The first-order chi connectivity index (χ1) is 20.6. The van der Waals surface area contributed by atoms with Crippen molar-refractivity contribution >= 4 is 33.7 Å². The van der Waals surface area contributed by atoms with E-state index in [0.29, 0.717) is 12.2 Å². The molecule has 2 N–H and O–H groups in total. The third-order valence-corrected chi connectivity index (χ3v) is 8.21. The Bertz CT molecular complexity index is 1530. The van der Waals surface area contributed by atoms with Crippen LogP contribution in [0.5, 0.6) is 5.75 Å². The molecule has 0 spiro atoms. The van der Waals surface area contributed by atoms with E-state index < -0.39 is 45.1 Å². The number of methoxy groups -OCH3 is 1. The molecule has 0 radical (unpaired) electrons. The summed E-state index contributed by atoms with van der Waals surface area (Å²) in [6.07, 6.45) is 6.87. The number of amides is 2. The van der Waals surface area contributed by atoms with Crippen molar-refractivity contribution in [1.82, 2.24) is 14.5 Å². The van der Waals surface area contributed by atoms with Crippen LogP contribution in [-0.4, -0.2) is 71.0 Å². The Kier molecular flexibility index (Phi) is 10.5. The van der Waals surface area contributed by atoms with Gasteiger partial charge in [0.25, 0.3) is 16.0 Å². The third-order valence-electron chi connectivity index (χ3n) is 7.29. The molecule has 1 saturated heterocycles. The topological polar surface area (TPSA) is 157 Å². The molecule has 2 heterocycles. The lowest BCUT2D eigenvalue weighted by atomic mass is 10.1. The predicted molar refractivity (Wildman–Crippen MR) is 157 cm³/mol. The molecule has 43 heavy (non-hydrogen) atoms. The number of nitrogens with zero attached hydrogens (tertiary/aromatic N) is 3. The summed E-state index contributed by atoms with van der Waals surface area (Å²) in [6.45, 7) is 2.27. The van der Waals surface area contributed by atoms with Crippen LogP contribution in [0.4, 0.5) is 5.82 Å². The highest BCUT2D eigenvalue weighted by atomic mass is 32.2. The molecule has 0 unspecified atom stereocenters. The first-order valence-corrected chi connectivity index (χ1v) is 15.6. The lowest BCUT2D eigenvalue weighted by Gasteiger charge is -2.28. The van der Waals surface area contributed by atoms with Crippen molar-refractivity contribution in [1.29, 1.82) is 0 Å². The van der Waals surface area contributed by atoms with Gasteiger partial charge >= 0.3 is 5.97 Å². The van der Waals surface area contributed by atoms with E-state index in [9.17, 15) is 27.4 Å². The van der Waals surface area contributed by atoms with Gasteiger partial charge in [0.1, 0.15) is 28.8 Å². The van der Waals surface area contributed by atoms with Gasteiger partial charge in [-0.15, -0.1) is 0 Å². The third kappa shape index (κ3) is 7.99. The van der Waals surface area contributed by atoms with E-state index in [-0.39, 0.29) is 30.3 Å². The number of unbranched alkanes of at least 4 members (excludes halogenated alkanes) is 3. The molecule has 13 heteroatoms. The summed E-state index contributed by atoms with van der Waals surface area (Å²) in [4.78, 5) is 44.9. The Morgan fingerprint density at radius 1 is 1.07 bits per heavy atom. The Morgan fingerprint density at radius 3 is 2.49 bits per heavy atom. The zero-order valence-corrected chi connectivity index (χ0v) is 24.9. The van der Waals surface area contributed by atoms with Gasteiger partial charge < -0.3 is 24.3 Å². The van der Waals surface area contributed by atoms with Gasteiger partial charge in [-0.25, -0.2) is 9.78 Å². The number of carbonyl (C=O) groups excluding carboxylic acids is 3. The van der Waals surface area contributed by atoms with Gasteiger partial charge in [0.2, 0.25) is 5.91 Å². The zero-order valence-electron chi connectivity index (χ0n) is 24.1. The molecule has 0 saturated carbocycles. The summed E-state index contributed by atoms with van der Waals surface area (Å²) in [5.74, 6) is -0.924. The number of aromatic nitrogens is 2. The van der Waals surface area contributed by atoms with Crippen LogP contribution >= 0.6 is 0 Å². The molecule has 3 aromatic rings. The second-order valence-electron chi connectivity index (χ2n) is 10.3. The number of imidazole rings is 1. The number of anilines is 1. The van der Waals surface area contributed by atoms with E-state index in [2.05, 4.69) is 17.2 Å². The number of likely N-dealkylation sites (tertiary alicyclic amines) is 1. The summed E-state index contributed by atoms with van der Waals surface area (Å²) in [5.41, 5.74) is -0.255. The van der Waals surface area contributed by atoms with E-state index in [1.807, 2.05) is 30.3 Å². The molecule has 1 aromatic heterocycles. The molecule has 1 fully saturated rings. The summed E-state index contributed by atoms with van der Waals surface area (Å²) >= 11 is 0. The van der Waals surface area contributed by atoms with Crippen LogP contribution in [0.2, 0.25) is 0 Å². The van der Waals surface area contributed by atoms with Crippen molar-refractivity contribution in [3.05, 3.63) is 72.7 Å². The Balaban J connectivity index is 1.56. The van der Waals surface area contributed by atoms with Crippen LogP contribution in [0, 0.1) is 0 Å². The molecule has 3 atom stereocenters. The maximum Gasteiger partial charge on any atom is 0.328 e. The number of para-hydroxylation sites is 1. The maximum atomic E-state index is 14.1. The minimum Gasteiger partial charge on any atom is -0.488 e. The van der Waals surface area contributed by atoms with Crippen LogP contribution < -0.4 is 10.1 Å². The number of hydrogen-bond donors (Lipinski definition) is 2. The van der Waals surface area contributed by atoms with Crippen LogP contribution in [-0.2, 0) is 24.4 Å². The summed E-state index contributed by atoms with van der Waals surface area (Å²) in [5, 5.41) is 2.54.